The fourth-order valence-electron chi connectivity index (χ4n) is 1.99. The average Bonchev–Trinajstić information content (AvgIpc) is 2.79. The predicted octanol–water partition coefficient (Wildman–Crippen LogP) is 4.62. The van der Waals surface area contributed by atoms with Gasteiger partial charge in [0.15, 0.2) is 0 Å². The minimum absolute atomic E-state index is 0.0897. The van der Waals surface area contributed by atoms with Gasteiger partial charge in [0.2, 0.25) is 0 Å². The number of carbonyl (C=O) groups is 1. The second-order valence-electron chi connectivity index (χ2n) is 4.42. The summed E-state index contributed by atoms with van der Waals surface area (Å²) < 4.78 is 0.991. The van der Waals surface area contributed by atoms with Crippen LogP contribution in [0.3, 0.4) is 0 Å². The van der Waals surface area contributed by atoms with Gasteiger partial charge in [-0.05, 0) is 46.6 Å². The van der Waals surface area contributed by atoms with Gasteiger partial charge in [0.05, 0.1) is 8.66 Å². The highest BCUT2D eigenvalue weighted by Gasteiger charge is 2.12. The Balaban J connectivity index is 1.95. The number of fused-ring (bicyclic) bond motifs is 1. The molecule has 2 heterocycles. The largest absolute Gasteiger partial charge is 0.321 e. The number of hydrogen-bond donors (Lipinski definition) is 1. The molecule has 5 heteroatoms. The predicted molar refractivity (Wildman–Crippen MR) is 86.5 cm³/mol. The van der Waals surface area contributed by atoms with Crippen LogP contribution in [0.5, 0.6) is 0 Å². The average molecular weight is 347 g/mol. The Kier molecular flexibility index (Phi) is 3.54. The van der Waals surface area contributed by atoms with Gasteiger partial charge < -0.3 is 5.32 Å². The number of nitrogens with zero attached hydrogens (tertiary/aromatic N) is 1. The standard InChI is InChI=1S/C15H11BrN2OS/c1-9-7-13(20-14(9)16)15(19)18-12-4-2-3-10-8-17-6-5-11(10)12/h2-8H,1H3,(H,18,19). The van der Waals surface area contributed by atoms with Crippen LogP contribution in [0.15, 0.2) is 46.5 Å². The van der Waals surface area contributed by atoms with E-state index in [1.807, 2.05) is 37.3 Å². The van der Waals surface area contributed by atoms with Crippen LogP contribution in [0.1, 0.15) is 15.2 Å². The Morgan fingerprint density at radius 2 is 2.20 bits per heavy atom. The second-order valence-corrected chi connectivity index (χ2v) is 6.79. The lowest BCUT2D eigenvalue weighted by Crippen LogP contribution is -2.10. The van der Waals surface area contributed by atoms with Crippen molar-refractivity contribution in [3.63, 3.8) is 0 Å². The van der Waals surface area contributed by atoms with Crippen molar-refractivity contribution >= 4 is 49.6 Å². The van der Waals surface area contributed by atoms with E-state index in [4.69, 9.17) is 0 Å². The maximum atomic E-state index is 12.3. The molecule has 3 rings (SSSR count). The first-order valence-corrected chi connectivity index (χ1v) is 7.66. The summed E-state index contributed by atoms with van der Waals surface area (Å²) in [7, 11) is 0. The van der Waals surface area contributed by atoms with Crippen LogP contribution < -0.4 is 5.32 Å². The summed E-state index contributed by atoms with van der Waals surface area (Å²) in [6, 6.07) is 9.58. The Morgan fingerprint density at radius 3 is 2.95 bits per heavy atom. The molecule has 0 bridgehead atoms. The van der Waals surface area contributed by atoms with Gasteiger partial charge in [-0.3, -0.25) is 9.78 Å². The molecule has 0 aliphatic rings. The number of halogens is 1. The summed E-state index contributed by atoms with van der Waals surface area (Å²) in [4.78, 5) is 17.1. The summed E-state index contributed by atoms with van der Waals surface area (Å²) >= 11 is 4.88. The van der Waals surface area contributed by atoms with Gasteiger partial charge in [-0.25, -0.2) is 0 Å². The molecule has 1 amide bonds. The zero-order valence-corrected chi connectivity index (χ0v) is 13.1. The number of aromatic nitrogens is 1. The van der Waals surface area contributed by atoms with E-state index in [1.54, 1.807) is 12.4 Å². The minimum atomic E-state index is -0.0897. The summed E-state index contributed by atoms with van der Waals surface area (Å²) in [5.41, 5.74) is 1.87. The van der Waals surface area contributed by atoms with E-state index in [9.17, 15) is 4.79 Å². The molecular weight excluding hydrogens is 336 g/mol. The quantitative estimate of drug-likeness (QED) is 0.735. The number of anilines is 1. The second kappa shape index (κ2) is 5.34. The molecule has 0 atom stereocenters. The monoisotopic (exact) mass is 346 g/mol. The third kappa shape index (κ3) is 2.46. The zero-order chi connectivity index (χ0) is 14.1. The van der Waals surface area contributed by atoms with Crippen LogP contribution in [0.25, 0.3) is 10.8 Å². The molecule has 1 N–H and O–H groups in total. The molecular formula is C15H11BrN2OS. The van der Waals surface area contributed by atoms with Gasteiger partial charge in [-0.15, -0.1) is 11.3 Å². The van der Waals surface area contributed by atoms with Crippen LogP contribution >= 0.6 is 27.3 Å². The van der Waals surface area contributed by atoms with E-state index < -0.39 is 0 Å². The first kappa shape index (κ1) is 13.3. The van der Waals surface area contributed by atoms with Crippen molar-refractivity contribution in [3.05, 3.63) is 57.0 Å². The summed E-state index contributed by atoms with van der Waals surface area (Å²) in [6.07, 6.45) is 3.51. The first-order valence-electron chi connectivity index (χ1n) is 6.05. The highest BCUT2D eigenvalue weighted by Crippen LogP contribution is 2.29. The number of aryl methyl sites for hydroxylation is 1. The normalized spacial score (nSPS) is 10.7. The number of thiophene rings is 1. The SMILES string of the molecule is Cc1cc(C(=O)Nc2cccc3cnccc23)sc1Br. The molecule has 100 valence electrons. The molecule has 0 radical (unpaired) electrons. The Hall–Kier alpha value is -1.72. The highest BCUT2D eigenvalue weighted by atomic mass is 79.9. The van der Waals surface area contributed by atoms with Crippen LogP contribution in [0.2, 0.25) is 0 Å². The molecule has 0 fully saturated rings. The van der Waals surface area contributed by atoms with Crippen LogP contribution in [-0.2, 0) is 0 Å². The van der Waals surface area contributed by atoms with Crippen LogP contribution in [0.4, 0.5) is 5.69 Å². The van der Waals surface area contributed by atoms with Gasteiger partial charge in [-0.2, -0.15) is 0 Å². The van der Waals surface area contributed by atoms with Gasteiger partial charge in [0.25, 0.3) is 5.91 Å². The molecule has 2 aromatic heterocycles. The minimum Gasteiger partial charge on any atom is -0.321 e. The lowest BCUT2D eigenvalue weighted by atomic mass is 10.1. The van der Waals surface area contributed by atoms with E-state index in [0.717, 1.165) is 25.8 Å². The van der Waals surface area contributed by atoms with E-state index in [1.165, 1.54) is 11.3 Å². The Bertz CT molecular complexity index is 773. The third-order valence-corrected chi connectivity index (χ3v) is 5.15. The maximum absolute atomic E-state index is 12.3. The van der Waals surface area contributed by atoms with Gasteiger partial charge in [0.1, 0.15) is 0 Å². The lowest BCUT2D eigenvalue weighted by molar-refractivity contribution is 0.103. The fraction of sp³-hybridized carbons (Fsp3) is 0.0667. The van der Waals surface area contributed by atoms with Gasteiger partial charge in [-0.1, -0.05) is 12.1 Å². The van der Waals surface area contributed by atoms with E-state index in [2.05, 4.69) is 26.2 Å². The number of amides is 1. The molecule has 0 saturated heterocycles. The smallest absolute Gasteiger partial charge is 0.265 e. The summed E-state index contributed by atoms with van der Waals surface area (Å²) in [5, 5.41) is 4.96. The molecule has 20 heavy (non-hydrogen) atoms. The zero-order valence-electron chi connectivity index (χ0n) is 10.7. The number of pyridine rings is 1. The summed E-state index contributed by atoms with van der Waals surface area (Å²) in [6.45, 7) is 1.97. The molecule has 0 aliphatic carbocycles. The van der Waals surface area contributed by atoms with Gasteiger partial charge >= 0.3 is 0 Å². The molecule has 0 saturated carbocycles. The fourth-order valence-corrected chi connectivity index (χ4v) is 3.42. The first-order chi connectivity index (χ1) is 9.65. The van der Waals surface area contributed by atoms with Crippen molar-refractivity contribution in [1.82, 2.24) is 4.98 Å². The van der Waals surface area contributed by atoms with Crippen molar-refractivity contribution in [2.24, 2.45) is 0 Å². The van der Waals surface area contributed by atoms with E-state index >= 15 is 0 Å². The van der Waals surface area contributed by atoms with Crippen molar-refractivity contribution in [2.75, 3.05) is 5.32 Å². The number of rotatable bonds is 2. The molecule has 3 nitrogen and oxygen atoms in total. The van der Waals surface area contributed by atoms with E-state index in [0.29, 0.717) is 4.88 Å². The maximum Gasteiger partial charge on any atom is 0.265 e. The number of benzene rings is 1. The van der Waals surface area contributed by atoms with E-state index in [-0.39, 0.29) is 5.91 Å². The molecule has 1 aromatic carbocycles. The number of carbonyl (C=O) groups excluding carboxylic acids is 1. The molecule has 0 unspecified atom stereocenters. The molecule has 0 spiro atoms. The van der Waals surface area contributed by atoms with Crippen LogP contribution in [-0.4, -0.2) is 10.9 Å². The molecule has 0 aliphatic heterocycles. The summed E-state index contributed by atoms with van der Waals surface area (Å²) in [5.74, 6) is -0.0897. The Morgan fingerprint density at radius 1 is 1.35 bits per heavy atom. The van der Waals surface area contributed by atoms with Crippen molar-refractivity contribution in [2.45, 2.75) is 6.92 Å². The number of hydrogen-bond acceptors (Lipinski definition) is 3. The van der Waals surface area contributed by atoms with Crippen molar-refractivity contribution < 1.29 is 4.79 Å². The highest BCUT2D eigenvalue weighted by molar-refractivity contribution is 9.11. The Labute approximate surface area is 128 Å². The van der Waals surface area contributed by atoms with Crippen molar-refractivity contribution in [3.8, 4) is 0 Å². The van der Waals surface area contributed by atoms with Crippen LogP contribution in [0, 0.1) is 6.92 Å². The number of nitrogens with one attached hydrogen (secondary N) is 1. The lowest BCUT2D eigenvalue weighted by Gasteiger charge is -2.07. The molecule has 3 aromatic rings. The van der Waals surface area contributed by atoms with Gasteiger partial charge in [0, 0.05) is 28.9 Å². The third-order valence-electron chi connectivity index (χ3n) is 3.01. The van der Waals surface area contributed by atoms with Crippen molar-refractivity contribution in [1.29, 1.82) is 0 Å². The topological polar surface area (TPSA) is 42.0 Å².